The van der Waals surface area contributed by atoms with Gasteiger partial charge < -0.3 is 30.3 Å². The number of halogens is 2. The quantitative estimate of drug-likeness (QED) is 0.195. The van der Waals surface area contributed by atoms with E-state index in [9.17, 15) is 22.7 Å². The molecule has 13 nitrogen and oxygen atoms in total. The van der Waals surface area contributed by atoms with Crippen LogP contribution >= 0.6 is 12.3 Å². The molecule has 2 fully saturated rings. The Kier molecular flexibility index (Phi) is 10.9. The van der Waals surface area contributed by atoms with Crippen LogP contribution in [-0.2, 0) is 9.47 Å². The van der Waals surface area contributed by atoms with E-state index in [2.05, 4.69) is 25.9 Å². The molecular formula is C34H44F2N8O5S. The number of likely N-dealkylation sites (tertiary alicyclic amines) is 1. The molecule has 0 radical (unpaired) electrons. The van der Waals surface area contributed by atoms with Gasteiger partial charge >= 0.3 is 12.2 Å². The molecule has 3 heterocycles. The maximum atomic E-state index is 14.5. The number of rotatable bonds is 8. The molecule has 2 aromatic heterocycles. The minimum Gasteiger partial charge on any atom is -0.444 e. The number of piperidine rings is 1. The smallest absolute Gasteiger partial charge is 0.410 e. The second kappa shape index (κ2) is 14.8. The summed E-state index contributed by atoms with van der Waals surface area (Å²) >= 11 is -0.136. The van der Waals surface area contributed by atoms with E-state index in [-0.39, 0.29) is 64.7 Å². The van der Waals surface area contributed by atoms with Crippen molar-refractivity contribution in [1.82, 2.24) is 29.5 Å². The first-order valence-electron chi connectivity index (χ1n) is 16.6. The van der Waals surface area contributed by atoms with Crippen molar-refractivity contribution < 1.29 is 32.1 Å². The van der Waals surface area contributed by atoms with Gasteiger partial charge in [0.25, 0.3) is 5.91 Å². The number of alkyl carbamates (subject to hydrolysis) is 1. The first-order chi connectivity index (χ1) is 23.5. The molecule has 0 spiro atoms. The number of fused-ring (bicyclic) bond motifs is 1. The molecule has 4 N–H and O–H groups in total. The average Bonchev–Trinajstić information content (AvgIpc) is 3.62. The van der Waals surface area contributed by atoms with Crippen molar-refractivity contribution in [2.24, 2.45) is 0 Å². The Hall–Kier alpha value is -4.47. The Labute approximate surface area is 294 Å². The largest absolute Gasteiger partial charge is 0.444 e. The van der Waals surface area contributed by atoms with E-state index in [1.165, 1.54) is 30.6 Å². The zero-order chi connectivity index (χ0) is 36.4. The van der Waals surface area contributed by atoms with E-state index in [4.69, 9.17) is 14.9 Å². The molecule has 1 aliphatic heterocycles. The van der Waals surface area contributed by atoms with Crippen molar-refractivity contribution in [3.63, 3.8) is 0 Å². The number of benzene rings is 1. The number of ether oxygens (including phenoxy) is 2. The Bertz CT molecular complexity index is 1760. The molecular weight excluding hydrogens is 670 g/mol. The third-order valence-corrected chi connectivity index (χ3v) is 8.71. The highest BCUT2D eigenvalue weighted by Gasteiger charge is 2.31. The lowest BCUT2D eigenvalue weighted by atomic mass is 10.0. The molecule has 2 aliphatic rings. The Balaban J connectivity index is 1.29. The van der Waals surface area contributed by atoms with Crippen LogP contribution in [0.2, 0.25) is 0 Å². The van der Waals surface area contributed by atoms with Crippen molar-refractivity contribution in [3.8, 4) is 0 Å². The van der Waals surface area contributed by atoms with Gasteiger partial charge in [0, 0.05) is 48.7 Å². The zero-order valence-corrected chi connectivity index (χ0v) is 29.9. The molecule has 1 saturated carbocycles. The molecule has 16 heteroatoms. The highest BCUT2D eigenvalue weighted by molar-refractivity contribution is 7.92. The van der Waals surface area contributed by atoms with Gasteiger partial charge in [0.05, 0.1) is 17.5 Å². The molecule has 5 rings (SSSR count). The molecule has 3 aromatic rings. The van der Waals surface area contributed by atoms with E-state index in [1.807, 2.05) is 20.8 Å². The number of nitrogens with one attached hydrogen (secondary N) is 4. The Morgan fingerprint density at radius 3 is 2.24 bits per heavy atom. The predicted octanol–water partition coefficient (Wildman–Crippen LogP) is 6.35. The summed E-state index contributed by atoms with van der Waals surface area (Å²) in [7, 11) is 0. The number of anilines is 1. The van der Waals surface area contributed by atoms with E-state index >= 15 is 0 Å². The van der Waals surface area contributed by atoms with Crippen LogP contribution in [0.4, 0.5) is 23.6 Å². The van der Waals surface area contributed by atoms with Gasteiger partial charge in [-0.05, 0) is 91.8 Å². The molecule has 1 aliphatic carbocycles. The molecule has 1 saturated heterocycles. The number of aromatic nitrogens is 3. The van der Waals surface area contributed by atoms with Crippen LogP contribution < -0.4 is 16.0 Å². The van der Waals surface area contributed by atoms with E-state index in [1.54, 1.807) is 25.7 Å². The maximum absolute atomic E-state index is 14.5. The molecule has 1 aromatic carbocycles. The normalized spacial score (nSPS) is 18.5. The van der Waals surface area contributed by atoms with Gasteiger partial charge in [-0.15, -0.1) is 3.89 Å². The lowest BCUT2D eigenvalue weighted by Gasteiger charge is -2.34. The lowest BCUT2D eigenvalue weighted by molar-refractivity contribution is 0.0210. The number of nitrogens with zero attached hydrogens (tertiary/aromatic N) is 4. The number of hydrogen-bond acceptors (Lipinski definition) is 10. The number of hydrogen-bond donors (Lipinski definition) is 4. The fraction of sp³-hybridized carbons (Fsp3) is 0.529. The molecule has 0 bridgehead atoms. The monoisotopic (exact) mass is 714 g/mol. The standard InChI is InChI=1S/C34H44F2N8O5S/c1-33(2,3)48-31(46)41-22-9-8-21(16-22)40-30(45)24-18-44(50-36)29-28(24)42-26(17-38-29)27(37)23-10-7-19(35)15-25(23)39-20-11-13-43(14-12-20)32(47)49-34(4,5)6/h7,10,15,17-18,20-22,37,39H,8-9,11-14,16H2,1-6H3,(H,40,45)(H,41,46). The third kappa shape index (κ3) is 9.20. The zero-order valence-electron chi connectivity index (χ0n) is 29.1. The van der Waals surface area contributed by atoms with Crippen LogP contribution in [0.25, 0.3) is 11.2 Å². The summed E-state index contributed by atoms with van der Waals surface area (Å²) in [5, 5.41) is 18.2. The van der Waals surface area contributed by atoms with Gasteiger partial charge in [0.1, 0.15) is 28.2 Å². The van der Waals surface area contributed by atoms with Crippen molar-refractivity contribution in [1.29, 1.82) is 5.41 Å². The van der Waals surface area contributed by atoms with E-state index in [0.717, 1.165) is 3.97 Å². The van der Waals surface area contributed by atoms with Crippen molar-refractivity contribution in [2.75, 3.05) is 18.4 Å². The van der Waals surface area contributed by atoms with Crippen LogP contribution in [0.5, 0.6) is 0 Å². The maximum Gasteiger partial charge on any atom is 0.410 e. The van der Waals surface area contributed by atoms with Crippen LogP contribution in [-0.4, -0.2) is 85.1 Å². The van der Waals surface area contributed by atoms with Gasteiger partial charge in [0.2, 0.25) is 0 Å². The molecule has 2 atom stereocenters. The minimum absolute atomic E-state index is 0.0741. The first kappa shape index (κ1) is 36.8. The Morgan fingerprint density at radius 2 is 1.60 bits per heavy atom. The Morgan fingerprint density at radius 1 is 0.940 bits per heavy atom. The van der Waals surface area contributed by atoms with E-state index < -0.39 is 29.0 Å². The van der Waals surface area contributed by atoms with Crippen molar-refractivity contribution in [2.45, 2.75) is 103 Å². The molecule has 50 heavy (non-hydrogen) atoms. The minimum atomic E-state index is -0.632. The number of amides is 3. The molecule has 270 valence electrons. The predicted molar refractivity (Wildman–Crippen MR) is 187 cm³/mol. The SMILES string of the molecule is CC(C)(C)OC(=O)NC1CCC(NC(=O)c2cn(SF)c3ncc(C(=N)c4ccc(F)cc4NC4CCN(C(=O)OC(C)(C)C)CC4)nc23)C1. The van der Waals surface area contributed by atoms with Crippen molar-refractivity contribution in [3.05, 3.63) is 53.2 Å². The fourth-order valence-electron chi connectivity index (χ4n) is 6.03. The third-order valence-electron chi connectivity index (χ3n) is 8.28. The van der Waals surface area contributed by atoms with Gasteiger partial charge in [0.15, 0.2) is 18.0 Å². The summed E-state index contributed by atoms with van der Waals surface area (Å²) in [6, 6.07) is 3.49. The topological polar surface area (TPSA) is 164 Å². The summed E-state index contributed by atoms with van der Waals surface area (Å²) in [6.07, 6.45) is 4.63. The van der Waals surface area contributed by atoms with Gasteiger partial charge in [-0.1, -0.05) is 0 Å². The van der Waals surface area contributed by atoms with Crippen LogP contribution in [0, 0.1) is 11.2 Å². The summed E-state index contributed by atoms with van der Waals surface area (Å²) in [5.41, 5.74) is -0.206. The van der Waals surface area contributed by atoms with E-state index in [0.29, 0.717) is 56.4 Å². The summed E-state index contributed by atoms with van der Waals surface area (Å²) < 4.78 is 40.3. The second-order valence-electron chi connectivity index (χ2n) is 14.6. The second-order valence-corrected chi connectivity index (χ2v) is 15.2. The van der Waals surface area contributed by atoms with Crippen LogP contribution in [0.1, 0.15) is 95.3 Å². The van der Waals surface area contributed by atoms with Crippen LogP contribution in [0.15, 0.2) is 30.6 Å². The number of carbonyl (C=O) groups excluding carboxylic acids is 3. The van der Waals surface area contributed by atoms with Gasteiger partial charge in [-0.3, -0.25) is 10.2 Å². The lowest BCUT2D eigenvalue weighted by Crippen LogP contribution is -2.44. The van der Waals surface area contributed by atoms with Gasteiger partial charge in [-0.2, -0.15) is 0 Å². The summed E-state index contributed by atoms with van der Waals surface area (Å²) in [6.45, 7) is 11.7. The van der Waals surface area contributed by atoms with Gasteiger partial charge in [-0.25, -0.2) is 27.9 Å². The van der Waals surface area contributed by atoms with Crippen LogP contribution in [0.3, 0.4) is 0 Å². The summed E-state index contributed by atoms with van der Waals surface area (Å²) in [4.78, 5) is 48.7. The highest BCUT2D eigenvalue weighted by Crippen LogP contribution is 2.28. The number of carbonyl (C=O) groups is 3. The molecule has 2 unspecified atom stereocenters. The molecule has 3 amide bonds. The highest BCUT2D eigenvalue weighted by atomic mass is 32.2. The van der Waals surface area contributed by atoms with Crippen molar-refractivity contribution >= 4 is 53.0 Å². The average molecular weight is 715 g/mol. The fourth-order valence-corrected chi connectivity index (χ4v) is 6.37. The first-order valence-corrected chi connectivity index (χ1v) is 17.3. The summed E-state index contributed by atoms with van der Waals surface area (Å²) in [5.74, 6) is -0.992.